The highest BCUT2D eigenvalue weighted by Gasteiger charge is 2.07. The predicted molar refractivity (Wildman–Crippen MR) is 55.0 cm³/mol. The first-order valence-electron chi connectivity index (χ1n) is 4.52. The molecule has 15 heavy (non-hydrogen) atoms. The number of nitrogens with one attached hydrogen (secondary N) is 1. The van der Waals surface area contributed by atoms with Crippen LogP contribution >= 0.6 is 0 Å². The largest absolute Gasteiger partial charge is 0.303 e. The van der Waals surface area contributed by atoms with Crippen LogP contribution in [0.15, 0.2) is 29.3 Å². The lowest BCUT2D eigenvalue weighted by atomic mass is 10.2. The summed E-state index contributed by atoms with van der Waals surface area (Å²) in [4.78, 5) is 15.8. The van der Waals surface area contributed by atoms with Crippen LogP contribution < -0.4 is 10.9 Å². The van der Waals surface area contributed by atoms with Crippen molar-refractivity contribution >= 4 is 10.9 Å². The SMILES string of the molecule is CNCn1cnc2cccc(F)c2c1=O. The molecule has 0 atom stereocenters. The van der Waals surface area contributed by atoms with Crippen LogP contribution in [0.25, 0.3) is 10.9 Å². The van der Waals surface area contributed by atoms with Crippen molar-refractivity contribution in [2.75, 3.05) is 7.05 Å². The molecule has 0 fully saturated rings. The Balaban J connectivity index is 2.77. The molecule has 0 aliphatic heterocycles. The van der Waals surface area contributed by atoms with Gasteiger partial charge in [0.05, 0.1) is 18.5 Å². The molecule has 1 heterocycles. The predicted octanol–water partition coefficient (Wildman–Crippen LogP) is 0.712. The molecule has 1 aromatic heterocycles. The van der Waals surface area contributed by atoms with Gasteiger partial charge in [0, 0.05) is 0 Å². The standard InChI is InChI=1S/C10H10FN3O/c1-12-5-14-6-13-8-4-2-3-7(11)9(8)10(14)15/h2-4,6,12H,5H2,1H3. The van der Waals surface area contributed by atoms with Gasteiger partial charge in [-0.25, -0.2) is 9.37 Å². The second-order valence-corrected chi connectivity index (χ2v) is 3.17. The third-order valence-electron chi connectivity index (χ3n) is 2.13. The fourth-order valence-electron chi connectivity index (χ4n) is 1.44. The Bertz CT molecular complexity index is 550. The average Bonchev–Trinajstić information content (AvgIpc) is 2.22. The van der Waals surface area contributed by atoms with Gasteiger partial charge in [0.2, 0.25) is 0 Å². The summed E-state index contributed by atoms with van der Waals surface area (Å²) in [5.41, 5.74) is 0.0137. The summed E-state index contributed by atoms with van der Waals surface area (Å²) in [7, 11) is 1.71. The zero-order valence-electron chi connectivity index (χ0n) is 8.20. The van der Waals surface area contributed by atoms with Crippen LogP contribution in [0.2, 0.25) is 0 Å². The Hall–Kier alpha value is -1.75. The van der Waals surface area contributed by atoms with Crippen molar-refractivity contribution in [2.45, 2.75) is 6.67 Å². The average molecular weight is 207 g/mol. The maximum atomic E-state index is 13.4. The highest BCUT2D eigenvalue weighted by molar-refractivity contribution is 5.77. The monoisotopic (exact) mass is 207 g/mol. The van der Waals surface area contributed by atoms with E-state index < -0.39 is 5.82 Å². The summed E-state index contributed by atoms with van der Waals surface area (Å²) in [6.07, 6.45) is 1.40. The highest BCUT2D eigenvalue weighted by atomic mass is 19.1. The van der Waals surface area contributed by atoms with Gasteiger partial charge in [-0.15, -0.1) is 0 Å². The van der Waals surface area contributed by atoms with Gasteiger partial charge < -0.3 is 5.32 Å². The summed E-state index contributed by atoms with van der Waals surface area (Å²) < 4.78 is 14.7. The van der Waals surface area contributed by atoms with Crippen molar-refractivity contribution < 1.29 is 4.39 Å². The first-order valence-corrected chi connectivity index (χ1v) is 4.52. The minimum absolute atomic E-state index is 0.0373. The van der Waals surface area contributed by atoms with Crippen molar-refractivity contribution in [3.05, 3.63) is 40.7 Å². The molecule has 0 radical (unpaired) electrons. The van der Waals surface area contributed by atoms with E-state index >= 15 is 0 Å². The number of fused-ring (bicyclic) bond motifs is 1. The van der Waals surface area contributed by atoms with Crippen LogP contribution in [-0.4, -0.2) is 16.6 Å². The van der Waals surface area contributed by atoms with Crippen LogP contribution in [0.4, 0.5) is 4.39 Å². The normalized spacial score (nSPS) is 10.8. The zero-order chi connectivity index (χ0) is 10.8. The molecule has 78 valence electrons. The lowest BCUT2D eigenvalue weighted by Crippen LogP contribution is -2.26. The topological polar surface area (TPSA) is 46.9 Å². The molecule has 0 spiro atoms. The fourth-order valence-corrected chi connectivity index (χ4v) is 1.44. The summed E-state index contributed by atoms with van der Waals surface area (Å²) in [6.45, 7) is 0.316. The Labute approximate surface area is 85.4 Å². The number of rotatable bonds is 2. The van der Waals surface area contributed by atoms with Crippen LogP contribution in [0.1, 0.15) is 0 Å². The molecule has 0 aliphatic rings. The minimum Gasteiger partial charge on any atom is -0.303 e. The molecule has 0 bridgehead atoms. The van der Waals surface area contributed by atoms with Crippen LogP contribution in [0, 0.1) is 5.82 Å². The van der Waals surface area contributed by atoms with Crippen molar-refractivity contribution in [3.63, 3.8) is 0 Å². The van der Waals surface area contributed by atoms with Crippen molar-refractivity contribution in [1.82, 2.24) is 14.9 Å². The molecule has 0 aliphatic carbocycles. The molecule has 5 heteroatoms. The van der Waals surface area contributed by atoms with E-state index in [1.54, 1.807) is 13.1 Å². The third-order valence-corrected chi connectivity index (χ3v) is 2.13. The molecule has 4 nitrogen and oxygen atoms in total. The first kappa shape index (κ1) is 9.79. The molecule has 2 aromatic rings. The molecule has 0 unspecified atom stereocenters. The van der Waals surface area contributed by atoms with E-state index in [0.29, 0.717) is 12.2 Å². The van der Waals surface area contributed by atoms with Gasteiger partial charge >= 0.3 is 0 Å². The second-order valence-electron chi connectivity index (χ2n) is 3.17. The molecule has 1 N–H and O–H groups in total. The number of aromatic nitrogens is 2. The van der Waals surface area contributed by atoms with Gasteiger partial charge in [0.1, 0.15) is 11.2 Å². The van der Waals surface area contributed by atoms with Crippen molar-refractivity contribution in [3.8, 4) is 0 Å². The molecular formula is C10H10FN3O. The van der Waals surface area contributed by atoms with Gasteiger partial charge in [0.25, 0.3) is 5.56 Å². The van der Waals surface area contributed by atoms with Crippen LogP contribution in [0.3, 0.4) is 0 Å². The quantitative estimate of drug-likeness (QED) is 0.789. The first-order chi connectivity index (χ1) is 7.24. The lowest BCUT2D eigenvalue weighted by Gasteiger charge is -2.05. The van der Waals surface area contributed by atoms with Crippen LogP contribution in [0.5, 0.6) is 0 Å². The van der Waals surface area contributed by atoms with E-state index in [1.807, 2.05) is 0 Å². The maximum Gasteiger partial charge on any atom is 0.265 e. The molecule has 2 rings (SSSR count). The molecular weight excluding hydrogens is 197 g/mol. The Kier molecular flexibility index (Phi) is 2.47. The van der Waals surface area contributed by atoms with E-state index in [0.717, 1.165) is 0 Å². The van der Waals surface area contributed by atoms with Gasteiger partial charge in [0.15, 0.2) is 0 Å². The minimum atomic E-state index is -0.532. The molecule has 1 aromatic carbocycles. The van der Waals surface area contributed by atoms with Crippen molar-refractivity contribution in [2.24, 2.45) is 0 Å². The number of benzene rings is 1. The second kappa shape index (κ2) is 3.78. The Morgan fingerprint density at radius 1 is 1.53 bits per heavy atom. The van der Waals surface area contributed by atoms with Gasteiger partial charge in [-0.2, -0.15) is 0 Å². The maximum absolute atomic E-state index is 13.4. The van der Waals surface area contributed by atoms with Gasteiger partial charge in [-0.1, -0.05) is 6.07 Å². The van der Waals surface area contributed by atoms with Crippen LogP contribution in [-0.2, 0) is 6.67 Å². The van der Waals surface area contributed by atoms with E-state index in [1.165, 1.54) is 23.0 Å². The van der Waals surface area contributed by atoms with Crippen molar-refractivity contribution in [1.29, 1.82) is 0 Å². The van der Waals surface area contributed by atoms with E-state index in [-0.39, 0.29) is 10.9 Å². The third kappa shape index (κ3) is 1.61. The number of halogens is 1. The van der Waals surface area contributed by atoms with E-state index in [9.17, 15) is 9.18 Å². The highest BCUT2D eigenvalue weighted by Crippen LogP contribution is 2.09. The zero-order valence-corrected chi connectivity index (χ0v) is 8.20. The number of hydrogen-bond donors (Lipinski definition) is 1. The number of hydrogen-bond acceptors (Lipinski definition) is 3. The fraction of sp³-hybridized carbons (Fsp3) is 0.200. The molecule has 0 saturated heterocycles. The summed E-state index contributed by atoms with van der Waals surface area (Å²) >= 11 is 0. The molecule has 0 saturated carbocycles. The summed E-state index contributed by atoms with van der Waals surface area (Å²) in [5, 5.41) is 2.85. The van der Waals surface area contributed by atoms with Gasteiger partial charge in [-0.05, 0) is 19.2 Å². The Morgan fingerprint density at radius 2 is 2.33 bits per heavy atom. The summed E-state index contributed by atoms with van der Waals surface area (Å²) in [6, 6.07) is 4.41. The molecule has 0 amide bonds. The number of nitrogens with zero attached hydrogens (tertiary/aromatic N) is 2. The lowest BCUT2D eigenvalue weighted by molar-refractivity contribution is 0.587. The smallest absolute Gasteiger partial charge is 0.265 e. The summed E-state index contributed by atoms with van der Waals surface area (Å²) in [5.74, 6) is -0.532. The van der Waals surface area contributed by atoms with Gasteiger partial charge in [-0.3, -0.25) is 9.36 Å². The Morgan fingerprint density at radius 3 is 3.07 bits per heavy atom. The van der Waals surface area contributed by atoms with E-state index in [2.05, 4.69) is 10.3 Å². The van der Waals surface area contributed by atoms with E-state index in [4.69, 9.17) is 0 Å².